The molecule has 1 aromatic carbocycles. The zero-order valence-electron chi connectivity index (χ0n) is 17.5. The molecule has 1 aromatic heterocycles. The van der Waals surface area contributed by atoms with Gasteiger partial charge >= 0.3 is 0 Å². The first kappa shape index (κ1) is 20.8. The van der Waals surface area contributed by atoms with Gasteiger partial charge in [-0.25, -0.2) is 13.4 Å². The van der Waals surface area contributed by atoms with Crippen molar-refractivity contribution in [1.82, 2.24) is 9.29 Å². The van der Waals surface area contributed by atoms with Gasteiger partial charge < -0.3 is 4.90 Å². The highest BCUT2D eigenvalue weighted by Crippen LogP contribution is 2.40. The number of anilines is 1. The van der Waals surface area contributed by atoms with Gasteiger partial charge in [0.2, 0.25) is 10.0 Å². The molecule has 5 nitrogen and oxygen atoms in total. The molecule has 2 heterocycles. The van der Waals surface area contributed by atoms with E-state index in [2.05, 4.69) is 37.6 Å². The minimum atomic E-state index is -3.55. The molecular formula is C22H31N3O2S. The van der Waals surface area contributed by atoms with Gasteiger partial charge in [-0.3, -0.25) is 0 Å². The van der Waals surface area contributed by atoms with Crippen molar-refractivity contribution in [3.05, 3.63) is 53.7 Å². The summed E-state index contributed by atoms with van der Waals surface area (Å²) >= 11 is 0. The normalized spacial score (nSPS) is 18.2. The monoisotopic (exact) mass is 401 g/mol. The van der Waals surface area contributed by atoms with Crippen LogP contribution >= 0.6 is 0 Å². The Balaban J connectivity index is 2.03. The molecule has 1 fully saturated rings. The number of hydrogen-bond donors (Lipinski definition) is 0. The molecule has 1 saturated heterocycles. The maximum Gasteiger partial charge on any atom is 0.243 e. The van der Waals surface area contributed by atoms with E-state index < -0.39 is 10.0 Å². The Morgan fingerprint density at radius 1 is 1.07 bits per heavy atom. The Morgan fingerprint density at radius 3 is 2.32 bits per heavy atom. The van der Waals surface area contributed by atoms with Gasteiger partial charge in [0.1, 0.15) is 5.82 Å². The lowest BCUT2D eigenvalue weighted by Gasteiger charge is -2.35. The molecule has 0 unspecified atom stereocenters. The van der Waals surface area contributed by atoms with E-state index in [4.69, 9.17) is 0 Å². The highest BCUT2D eigenvalue weighted by molar-refractivity contribution is 7.89. The van der Waals surface area contributed by atoms with Crippen LogP contribution < -0.4 is 4.90 Å². The quantitative estimate of drug-likeness (QED) is 0.713. The van der Waals surface area contributed by atoms with Crippen LogP contribution in [-0.4, -0.2) is 36.3 Å². The van der Waals surface area contributed by atoms with Crippen molar-refractivity contribution in [2.75, 3.05) is 11.4 Å². The summed E-state index contributed by atoms with van der Waals surface area (Å²) in [6.45, 7) is 11.1. The van der Waals surface area contributed by atoms with Gasteiger partial charge in [-0.05, 0) is 65.7 Å². The number of sulfonamides is 1. The zero-order chi connectivity index (χ0) is 20.5. The van der Waals surface area contributed by atoms with Gasteiger partial charge in [-0.1, -0.05) is 23.8 Å². The van der Waals surface area contributed by atoms with Crippen LogP contribution in [0.15, 0.2) is 47.5 Å². The fourth-order valence-electron chi connectivity index (χ4n) is 4.15. The molecular weight excluding hydrogens is 370 g/mol. The second-order valence-electron chi connectivity index (χ2n) is 8.10. The minimum Gasteiger partial charge on any atom is -0.351 e. The highest BCUT2D eigenvalue weighted by Gasteiger charge is 2.38. The van der Waals surface area contributed by atoms with Crippen molar-refractivity contribution in [1.29, 1.82) is 0 Å². The van der Waals surface area contributed by atoms with Crippen molar-refractivity contribution in [2.24, 2.45) is 0 Å². The lowest BCUT2D eigenvalue weighted by atomic mass is 10.0. The van der Waals surface area contributed by atoms with Gasteiger partial charge in [0.25, 0.3) is 0 Å². The van der Waals surface area contributed by atoms with Crippen LogP contribution in [0, 0.1) is 6.92 Å². The van der Waals surface area contributed by atoms with Gasteiger partial charge in [0.05, 0.1) is 10.9 Å². The van der Waals surface area contributed by atoms with E-state index in [9.17, 15) is 8.42 Å². The fourth-order valence-corrected chi connectivity index (χ4v) is 5.83. The van der Waals surface area contributed by atoms with Crippen LogP contribution in [0.2, 0.25) is 0 Å². The third-order valence-electron chi connectivity index (χ3n) is 5.36. The number of benzene rings is 1. The molecule has 0 radical (unpaired) electrons. The fraction of sp³-hybridized carbons (Fsp3) is 0.500. The average Bonchev–Trinajstić information content (AvgIpc) is 3.12. The summed E-state index contributed by atoms with van der Waals surface area (Å²) in [4.78, 5) is 7.30. The lowest BCUT2D eigenvalue weighted by Crippen LogP contribution is -2.39. The van der Waals surface area contributed by atoms with Gasteiger partial charge in [0.15, 0.2) is 0 Å². The summed E-state index contributed by atoms with van der Waals surface area (Å²) in [6.07, 6.45) is 3.46. The largest absolute Gasteiger partial charge is 0.351 e. The zero-order valence-corrected chi connectivity index (χ0v) is 18.3. The molecule has 1 aliphatic heterocycles. The van der Waals surface area contributed by atoms with E-state index in [1.807, 2.05) is 31.2 Å². The van der Waals surface area contributed by atoms with E-state index >= 15 is 0 Å². The topological polar surface area (TPSA) is 53.5 Å². The van der Waals surface area contributed by atoms with Crippen molar-refractivity contribution in [3.63, 3.8) is 0 Å². The van der Waals surface area contributed by atoms with E-state index in [-0.39, 0.29) is 18.1 Å². The number of nitrogens with zero attached hydrogens (tertiary/aromatic N) is 3. The predicted octanol–water partition coefficient (Wildman–Crippen LogP) is 4.54. The first-order valence-electron chi connectivity index (χ1n) is 10.0. The highest BCUT2D eigenvalue weighted by atomic mass is 32.2. The minimum absolute atomic E-state index is 0.185. The Morgan fingerprint density at radius 2 is 1.71 bits per heavy atom. The Kier molecular flexibility index (Phi) is 6.10. The standard InChI is InChI=1S/C22H31N3O2S/c1-16(2)25(17(3)4)22-20(8-6-14-23-22)21-9-7-15-24(21)28(26,27)19-12-10-18(5)11-13-19/h6,8,10-14,16-17,21H,7,9,15H2,1-5H3/t21-/m1/s1. The van der Waals surface area contributed by atoms with Crippen LogP contribution in [-0.2, 0) is 10.0 Å². The summed E-state index contributed by atoms with van der Waals surface area (Å²) in [5.41, 5.74) is 2.05. The second-order valence-corrected chi connectivity index (χ2v) is 9.99. The molecule has 0 bridgehead atoms. The summed E-state index contributed by atoms with van der Waals surface area (Å²) in [6, 6.07) is 11.4. The van der Waals surface area contributed by atoms with Crippen LogP contribution in [0.5, 0.6) is 0 Å². The molecule has 0 N–H and O–H groups in total. The molecule has 0 aliphatic carbocycles. The molecule has 2 aromatic rings. The molecule has 28 heavy (non-hydrogen) atoms. The van der Waals surface area contributed by atoms with E-state index in [0.29, 0.717) is 11.4 Å². The molecule has 6 heteroatoms. The number of rotatable bonds is 6. The van der Waals surface area contributed by atoms with Crippen molar-refractivity contribution >= 4 is 15.8 Å². The Bertz CT molecular complexity index is 900. The molecule has 152 valence electrons. The molecule has 1 atom stereocenters. The van der Waals surface area contributed by atoms with Crippen LogP contribution in [0.4, 0.5) is 5.82 Å². The number of pyridine rings is 1. The molecule has 0 saturated carbocycles. The van der Waals surface area contributed by atoms with Gasteiger partial charge in [0, 0.05) is 30.4 Å². The lowest BCUT2D eigenvalue weighted by molar-refractivity contribution is 0.395. The molecule has 0 spiro atoms. The van der Waals surface area contributed by atoms with E-state index in [1.54, 1.807) is 22.6 Å². The Labute approximate surface area is 169 Å². The van der Waals surface area contributed by atoms with Crippen molar-refractivity contribution in [3.8, 4) is 0 Å². The first-order chi connectivity index (χ1) is 13.2. The average molecular weight is 402 g/mol. The van der Waals surface area contributed by atoms with E-state index in [1.165, 1.54) is 0 Å². The molecule has 0 amide bonds. The third-order valence-corrected chi connectivity index (χ3v) is 7.29. The van der Waals surface area contributed by atoms with Gasteiger partial charge in [-0.15, -0.1) is 0 Å². The maximum absolute atomic E-state index is 13.4. The summed E-state index contributed by atoms with van der Waals surface area (Å²) in [5.74, 6) is 0.892. The second kappa shape index (κ2) is 8.21. The maximum atomic E-state index is 13.4. The molecule has 3 rings (SSSR count). The summed E-state index contributed by atoms with van der Waals surface area (Å²) in [5, 5.41) is 0. The third kappa shape index (κ3) is 3.94. The number of hydrogen-bond acceptors (Lipinski definition) is 4. The van der Waals surface area contributed by atoms with Crippen LogP contribution in [0.3, 0.4) is 0 Å². The van der Waals surface area contributed by atoms with Crippen LogP contribution in [0.1, 0.15) is 57.7 Å². The molecule has 1 aliphatic rings. The predicted molar refractivity (Wildman–Crippen MR) is 114 cm³/mol. The van der Waals surface area contributed by atoms with Crippen molar-refractivity contribution < 1.29 is 8.42 Å². The van der Waals surface area contributed by atoms with E-state index in [0.717, 1.165) is 29.8 Å². The van der Waals surface area contributed by atoms with Gasteiger partial charge in [-0.2, -0.15) is 4.31 Å². The summed E-state index contributed by atoms with van der Waals surface area (Å²) in [7, 11) is -3.55. The Hall–Kier alpha value is -1.92. The first-order valence-corrected chi connectivity index (χ1v) is 11.5. The smallest absolute Gasteiger partial charge is 0.243 e. The summed E-state index contributed by atoms with van der Waals surface area (Å²) < 4.78 is 28.4. The number of aromatic nitrogens is 1. The van der Waals surface area contributed by atoms with Crippen molar-refractivity contribution in [2.45, 2.75) is 70.5 Å². The van der Waals surface area contributed by atoms with Crippen LogP contribution in [0.25, 0.3) is 0 Å². The number of aryl methyl sites for hydroxylation is 1. The SMILES string of the molecule is Cc1ccc(S(=O)(=O)N2CCC[C@@H]2c2cccnc2N(C(C)C)C(C)C)cc1.